The van der Waals surface area contributed by atoms with Crippen molar-refractivity contribution in [2.45, 2.75) is 19.9 Å². The third-order valence-electron chi connectivity index (χ3n) is 5.36. The number of rotatable bonds is 3. The first-order valence-corrected chi connectivity index (χ1v) is 9.12. The molecule has 1 amide bonds. The van der Waals surface area contributed by atoms with E-state index in [9.17, 15) is 4.79 Å². The molecule has 0 aliphatic carbocycles. The van der Waals surface area contributed by atoms with Gasteiger partial charge in [-0.15, -0.1) is 0 Å². The fourth-order valence-corrected chi connectivity index (χ4v) is 4.05. The number of nitrogens with one attached hydrogen (secondary N) is 1. The Morgan fingerprint density at radius 3 is 2.46 bits per heavy atom. The van der Waals surface area contributed by atoms with E-state index in [0.29, 0.717) is 0 Å². The normalized spacial score (nSPS) is 16.8. The monoisotopic (exact) mass is 348 g/mol. The minimum atomic E-state index is 0.156. The second kappa shape index (κ2) is 6.92. The lowest BCUT2D eigenvalue weighted by Gasteiger charge is -2.39. The fourth-order valence-electron chi connectivity index (χ4n) is 4.05. The highest BCUT2D eigenvalue weighted by Crippen LogP contribution is 2.36. The highest BCUT2D eigenvalue weighted by molar-refractivity contribution is 5.85. The number of aromatic amines is 1. The van der Waals surface area contributed by atoms with Crippen LogP contribution in [0.1, 0.15) is 29.8 Å². The lowest BCUT2D eigenvalue weighted by atomic mass is 9.94. The number of aryl methyl sites for hydroxylation is 1. The Balaban J connectivity index is 1.77. The number of hydrogen-bond donors (Lipinski definition) is 1. The Labute approximate surface area is 153 Å². The number of benzene rings is 1. The SMILES string of the molecule is CC(=O)N1CCN(C(c2ccncc2)c2c(C)[nH]c3ccccc23)CC1. The van der Waals surface area contributed by atoms with Crippen molar-refractivity contribution in [1.82, 2.24) is 19.8 Å². The maximum atomic E-state index is 11.7. The predicted molar refractivity (Wildman–Crippen MR) is 103 cm³/mol. The van der Waals surface area contributed by atoms with Crippen LogP contribution in [-0.4, -0.2) is 51.9 Å². The van der Waals surface area contributed by atoms with Gasteiger partial charge in [-0.3, -0.25) is 14.7 Å². The zero-order valence-electron chi connectivity index (χ0n) is 15.3. The molecule has 0 spiro atoms. The molecule has 1 aliphatic rings. The number of nitrogens with zero attached hydrogens (tertiary/aromatic N) is 3. The topological polar surface area (TPSA) is 52.2 Å². The van der Waals surface area contributed by atoms with Crippen LogP contribution in [0.5, 0.6) is 0 Å². The number of hydrogen-bond acceptors (Lipinski definition) is 3. The van der Waals surface area contributed by atoms with Gasteiger partial charge in [0.05, 0.1) is 6.04 Å². The molecular weight excluding hydrogens is 324 g/mol. The molecule has 2 aromatic heterocycles. The molecule has 5 nitrogen and oxygen atoms in total. The van der Waals surface area contributed by atoms with E-state index in [0.717, 1.165) is 26.2 Å². The molecule has 3 heterocycles. The summed E-state index contributed by atoms with van der Waals surface area (Å²) in [6.45, 7) is 7.09. The molecule has 0 bridgehead atoms. The van der Waals surface area contributed by atoms with Gasteiger partial charge < -0.3 is 9.88 Å². The summed E-state index contributed by atoms with van der Waals surface area (Å²) >= 11 is 0. The van der Waals surface area contributed by atoms with Crippen LogP contribution in [0.25, 0.3) is 10.9 Å². The average molecular weight is 348 g/mol. The van der Waals surface area contributed by atoms with Crippen molar-refractivity contribution in [1.29, 1.82) is 0 Å². The third kappa shape index (κ3) is 2.99. The Hall–Kier alpha value is -2.66. The molecule has 5 heteroatoms. The van der Waals surface area contributed by atoms with Crippen LogP contribution in [0.3, 0.4) is 0 Å². The summed E-state index contributed by atoms with van der Waals surface area (Å²) in [6.07, 6.45) is 3.72. The molecule has 4 rings (SSSR count). The summed E-state index contributed by atoms with van der Waals surface area (Å²) in [4.78, 5) is 23.8. The maximum absolute atomic E-state index is 11.7. The number of H-pyrrole nitrogens is 1. The number of carbonyl (C=O) groups is 1. The van der Waals surface area contributed by atoms with Gasteiger partial charge in [-0.1, -0.05) is 18.2 Å². The van der Waals surface area contributed by atoms with Crippen molar-refractivity contribution in [3.8, 4) is 0 Å². The Morgan fingerprint density at radius 2 is 1.77 bits per heavy atom. The first-order chi connectivity index (χ1) is 12.6. The Morgan fingerprint density at radius 1 is 1.08 bits per heavy atom. The summed E-state index contributed by atoms with van der Waals surface area (Å²) in [6, 6.07) is 12.8. The van der Waals surface area contributed by atoms with Crippen LogP contribution in [0.2, 0.25) is 0 Å². The molecule has 1 saturated heterocycles. The van der Waals surface area contributed by atoms with E-state index < -0.39 is 0 Å². The average Bonchev–Trinajstić information content (AvgIpc) is 2.99. The maximum Gasteiger partial charge on any atom is 0.219 e. The largest absolute Gasteiger partial charge is 0.358 e. The number of fused-ring (bicyclic) bond motifs is 1. The second-order valence-corrected chi connectivity index (χ2v) is 6.93. The number of pyridine rings is 1. The summed E-state index contributed by atoms with van der Waals surface area (Å²) in [5.74, 6) is 0.161. The third-order valence-corrected chi connectivity index (χ3v) is 5.36. The van der Waals surface area contributed by atoms with Gasteiger partial charge in [0.2, 0.25) is 5.91 Å². The predicted octanol–water partition coefficient (Wildman–Crippen LogP) is 3.12. The van der Waals surface area contributed by atoms with Gasteiger partial charge in [0.1, 0.15) is 0 Å². The molecule has 3 aromatic rings. The molecular formula is C21H24N4O. The van der Waals surface area contributed by atoms with Crippen LogP contribution in [-0.2, 0) is 4.79 Å². The summed E-state index contributed by atoms with van der Waals surface area (Å²) in [7, 11) is 0. The molecule has 1 aromatic carbocycles. The van der Waals surface area contributed by atoms with E-state index in [-0.39, 0.29) is 11.9 Å². The van der Waals surface area contributed by atoms with E-state index in [1.165, 1.54) is 27.7 Å². The summed E-state index contributed by atoms with van der Waals surface area (Å²) in [5, 5.41) is 1.26. The van der Waals surface area contributed by atoms with Gasteiger partial charge in [-0.2, -0.15) is 0 Å². The lowest BCUT2D eigenvalue weighted by Crippen LogP contribution is -2.49. The van der Waals surface area contributed by atoms with Gasteiger partial charge in [0, 0.05) is 67.7 Å². The van der Waals surface area contributed by atoms with E-state index in [2.05, 4.69) is 58.2 Å². The van der Waals surface area contributed by atoms with Crippen LogP contribution in [0, 0.1) is 6.92 Å². The number of aromatic nitrogens is 2. The standard InChI is InChI=1S/C21H24N4O/c1-15-20(18-5-3-4-6-19(18)23-15)21(17-7-9-22-10-8-17)25-13-11-24(12-14-25)16(2)26/h3-10,21,23H,11-14H2,1-2H3. The minimum absolute atomic E-state index is 0.156. The fraction of sp³-hybridized carbons (Fsp3) is 0.333. The second-order valence-electron chi connectivity index (χ2n) is 6.93. The van der Waals surface area contributed by atoms with E-state index >= 15 is 0 Å². The smallest absolute Gasteiger partial charge is 0.219 e. The number of amides is 1. The highest BCUT2D eigenvalue weighted by atomic mass is 16.2. The van der Waals surface area contributed by atoms with Crippen molar-refractivity contribution in [2.75, 3.05) is 26.2 Å². The zero-order valence-corrected chi connectivity index (χ0v) is 15.3. The van der Waals surface area contributed by atoms with Crippen LogP contribution in [0.15, 0.2) is 48.8 Å². The minimum Gasteiger partial charge on any atom is -0.358 e. The summed E-state index contributed by atoms with van der Waals surface area (Å²) in [5.41, 5.74) is 4.93. The Kier molecular flexibility index (Phi) is 4.47. The van der Waals surface area contributed by atoms with Gasteiger partial charge >= 0.3 is 0 Å². The highest BCUT2D eigenvalue weighted by Gasteiger charge is 2.30. The van der Waals surface area contributed by atoms with Crippen molar-refractivity contribution in [3.63, 3.8) is 0 Å². The molecule has 134 valence electrons. The Bertz CT molecular complexity index is 910. The van der Waals surface area contributed by atoms with Crippen molar-refractivity contribution in [3.05, 3.63) is 65.6 Å². The summed E-state index contributed by atoms with van der Waals surface area (Å²) < 4.78 is 0. The molecule has 26 heavy (non-hydrogen) atoms. The quantitative estimate of drug-likeness (QED) is 0.791. The van der Waals surface area contributed by atoms with E-state index in [4.69, 9.17) is 0 Å². The molecule has 1 unspecified atom stereocenters. The molecule has 1 fully saturated rings. The number of piperazine rings is 1. The van der Waals surface area contributed by atoms with Crippen LogP contribution >= 0.6 is 0 Å². The van der Waals surface area contributed by atoms with Crippen molar-refractivity contribution >= 4 is 16.8 Å². The lowest BCUT2D eigenvalue weighted by molar-refractivity contribution is -0.130. The van der Waals surface area contributed by atoms with E-state index in [1.54, 1.807) is 6.92 Å². The molecule has 0 saturated carbocycles. The van der Waals surface area contributed by atoms with Crippen molar-refractivity contribution in [2.24, 2.45) is 0 Å². The molecule has 1 N–H and O–H groups in total. The molecule has 1 atom stereocenters. The van der Waals surface area contributed by atoms with Gasteiger partial charge in [-0.25, -0.2) is 0 Å². The first-order valence-electron chi connectivity index (χ1n) is 9.12. The van der Waals surface area contributed by atoms with Crippen molar-refractivity contribution < 1.29 is 4.79 Å². The van der Waals surface area contributed by atoms with Gasteiger partial charge in [0.25, 0.3) is 0 Å². The van der Waals surface area contributed by atoms with Crippen LogP contribution in [0.4, 0.5) is 0 Å². The van der Waals surface area contributed by atoms with Gasteiger partial charge in [-0.05, 0) is 30.7 Å². The van der Waals surface area contributed by atoms with E-state index in [1.807, 2.05) is 17.3 Å². The molecule has 0 radical (unpaired) electrons. The molecule has 1 aliphatic heterocycles. The first kappa shape index (κ1) is 16.8. The number of para-hydroxylation sites is 1. The number of carbonyl (C=O) groups excluding carboxylic acids is 1. The van der Waals surface area contributed by atoms with Gasteiger partial charge in [0.15, 0.2) is 0 Å². The zero-order chi connectivity index (χ0) is 18.1. The van der Waals surface area contributed by atoms with Crippen LogP contribution < -0.4 is 0 Å².